The fourth-order valence-corrected chi connectivity index (χ4v) is 6.31. The van der Waals surface area contributed by atoms with Gasteiger partial charge < -0.3 is 10.2 Å². The van der Waals surface area contributed by atoms with E-state index in [1.54, 1.807) is 49.4 Å². The highest BCUT2D eigenvalue weighted by Gasteiger charge is 2.33. The predicted molar refractivity (Wildman–Crippen MR) is 156 cm³/mol. The Balaban J connectivity index is 1.68. The van der Waals surface area contributed by atoms with Crippen molar-refractivity contribution in [1.29, 1.82) is 0 Å². The molecule has 10 nitrogen and oxygen atoms in total. The van der Waals surface area contributed by atoms with Crippen molar-refractivity contribution in [1.82, 2.24) is 10.2 Å². The molecule has 3 aromatic carbocycles. The van der Waals surface area contributed by atoms with Gasteiger partial charge in [0.2, 0.25) is 11.8 Å². The van der Waals surface area contributed by atoms with Crippen LogP contribution in [0.3, 0.4) is 0 Å². The van der Waals surface area contributed by atoms with Gasteiger partial charge in [-0.25, -0.2) is 8.42 Å². The lowest BCUT2D eigenvalue weighted by Crippen LogP contribution is -2.52. The van der Waals surface area contributed by atoms with Gasteiger partial charge in [-0.2, -0.15) is 0 Å². The Morgan fingerprint density at radius 1 is 1.00 bits per heavy atom. The minimum Gasteiger partial charge on any atom is -0.352 e. The van der Waals surface area contributed by atoms with Crippen molar-refractivity contribution in [2.75, 3.05) is 10.8 Å². The van der Waals surface area contributed by atoms with Crippen LogP contribution >= 0.6 is 11.6 Å². The van der Waals surface area contributed by atoms with E-state index < -0.39 is 33.4 Å². The Morgan fingerprint density at radius 3 is 2.20 bits per heavy atom. The maximum atomic E-state index is 13.9. The lowest BCUT2D eigenvalue weighted by atomic mass is 10.1. The summed E-state index contributed by atoms with van der Waals surface area (Å²) in [5.74, 6) is -0.945. The van der Waals surface area contributed by atoms with Crippen LogP contribution in [0.15, 0.2) is 83.8 Å². The molecule has 1 saturated carbocycles. The third-order valence-corrected chi connectivity index (χ3v) is 9.13. The van der Waals surface area contributed by atoms with Crippen molar-refractivity contribution in [3.8, 4) is 0 Å². The van der Waals surface area contributed by atoms with E-state index in [-0.39, 0.29) is 34.8 Å². The number of sulfonamides is 1. The number of hydrogen-bond acceptors (Lipinski definition) is 6. The van der Waals surface area contributed by atoms with Crippen molar-refractivity contribution in [2.24, 2.45) is 0 Å². The number of anilines is 1. The standard InChI is InChI=1S/C29H31ClN4O6S/c1-21(29(36)31-24-7-5-6-8-24)32(19-22-11-13-23(30)14-12-22)28(35)20-33(25-15-17-26(18-16-25)34(37)38)41(39,40)27-9-3-2-4-10-27/h2-4,9-18,21,24H,5-8,19-20H2,1H3,(H,31,36)/t21-/m0/s1. The summed E-state index contributed by atoms with van der Waals surface area (Å²) in [5, 5.41) is 14.7. The Bertz CT molecular complexity index is 1480. The quantitative estimate of drug-likeness (QED) is 0.246. The first-order valence-electron chi connectivity index (χ1n) is 13.2. The fourth-order valence-electron chi connectivity index (χ4n) is 4.75. The minimum absolute atomic E-state index is 0.0347. The number of nitrogens with one attached hydrogen (secondary N) is 1. The van der Waals surface area contributed by atoms with Crippen molar-refractivity contribution in [2.45, 2.75) is 56.1 Å². The summed E-state index contributed by atoms with van der Waals surface area (Å²) in [6.07, 6.45) is 3.78. The first-order chi connectivity index (χ1) is 19.6. The van der Waals surface area contributed by atoms with E-state index in [2.05, 4.69) is 5.32 Å². The molecule has 12 heteroatoms. The van der Waals surface area contributed by atoms with Crippen LogP contribution in [0.5, 0.6) is 0 Å². The average Bonchev–Trinajstić information content (AvgIpc) is 3.48. The predicted octanol–water partition coefficient (Wildman–Crippen LogP) is 4.92. The number of amides is 2. The normalized spacial score (nSPS) is 14.3. The molecule has 0 aliphatic heterocycles. The van der Waals surface area contributed by atoms with Crippen molar-refractivity contribution in [3.05, 3.63) is 99.6 Å². The molecule has 1 N–H and O–H groups in total. The molecule has 1 atom stereocenters. The van der Waals surface area contributed by atoms with Crippen LogP contribution in [0, 0.1) is 10.1 Å². The molecule has 1 aliphatic carbocycles. The molecular formula is C29H31ClN4O6S. The molecule has 3 aromatic rings. The molecule has 0 saturated heterocycles. The molecule has 0 unspecified atom stereocenters. The summed E-state index contributed by atoms with van der Waals surface area (Å²) >= 11 is 6.03. The average molecular weight is 599 g/mol. The first kappa shape index (κ1) is 30.0. The first-order valence-corrected chi connectivity index (χ1v) is 15.0. The van der Waals surface area contributed by atoms with Gasteiger partial charge in [0, 0.05) is 29.7 Å². The summed E-state index contributed by atoms with van der Waals surface area (Å²) in [6.45, 7) is 1.01. The molecule has 0 heterocycles. The number of carbonyl (C=O) groups excluding carboxylic acids is 2. The van der Waals surface area contributed by atoms with Crippen molar-refractivity contribution >= 4 is 44.8 Å². The molecule has 2 amide bonds. The Hall–Kier alpha value is -3.96. The number of halogens is 1. The second-order valence-corrected chi connectivity index (χ2v) is 12.2. The number of rotatable bonds is 11. The summed E-state index contributed by atoms with van der Waals surface area (Å²) < 4.78 is 28.4. The zero-order valence-electron chi connectivity index (χ0n) is 22.5. The minimum atomic E-state index is -4.26. The van der Waals surface area contributed by atoms with Crippen LogP contribution in [0.1, 0.15) is 38.2 Å². The third kappa shape index (κ3) is 7.42. The number of nitrogens with zero attached hydrogens (tertiary/aromatic N) is 3. The van der Waals surface area contributed by atoms with Crippen molar-refractivity contribution in [3.63, 3.8) is 0 Å². The van der Waals surface area contributed by atoms with Gasteiger partial charge >= 0.3 is 0 Å². The Kier molecular flexibility index (Phi) is 9.61. The van der Waals surface area contributed by atoms with Crippen LogP contribution in [0.4, 0.5) is 11.4 Å². The van der Waals surface area contributed by atoms with Gasteiger partial charge in [-0.3, -0.25) is 24.0 Å². The monoisotopic (exact) mass is 598 g/mol. The van der Waals surface area contributed by atoms with E-state index in [9.17, 15) is 28.1 Å². The zero-order chi connectivity index (χ0) is 29.6. The molecular weight excluding hydrogens is 568 g/mol. The van der Waals surface area contributed by atoms with Crippen LogP contribution in [0.2, 0.25) is 5.02 Å². The van der Waals surface area contributed by atoms with Gasteiger partial charge in [-0.05, 0) is 61.7 Å². The summed E-state index contributed by atoms with van der Waals surface area (Å²) in [6, 6.07) is 18.5. The van der Waals surface area contributed by atoms with E-state index in [0.717, 1.165) is 30.0 Å². The zero-order valence-corrected chi connectivity index (χ0v) is 24.1. The maximum Gasteiger partial charge on any atom is 0.269 e. The fraction of sp³-hybridized carbons (Fsp3) is 0.310. The summed E-state index contributed by atoms with van der Waals surface area (Å²) in [7, 11) is -4.26. The summed E-state index contributed by atoms with van der Waals surface area (Å²) in [4.78, 5) is 39.1. The smallest absolute Gasteiger partial charge is 0.269 e. The number of hydrogen-bond donors (Lipinski definition) is 1. The van der Waals surface area contributed by atoms with Gasteiger partial charge in [0.25, 0.3) is 15.7 Å². The van der Waals surface area contributed by atoms with Gasteiger partial charge in [0.15, 0.2) is 0 Å². The van der Waals surface area contributed by atoms with E-state index in [1.807, 2.05) is 0 Å². The van der Waals surface area contributed by atoms with E-state index in [0.29, 0.717) is 10.6 Å². The highest BCUT2D eigenvalue weighted by Crippen LogP contribution is 2.27. The second-order valence-electron chi connectivity index (χ2n) is 9.91. The Labute approximate surface area is 244 Å². The third-order valence-electron chi connectivity index (χ3n) is 7.09. The van der Waals surface area contributed by atoms with E-state index in [4.69, 9.17) is 11.6 Å². The second kappa shape index (κ2) is 13.1. The van der Waals surface area contributed by atoms with Gasteiger partial charge in [0.1, 0.15) is 12.6 Å². The topological polar surface area (TPSA) is 130 Å². The molecule has 1 aliphatic rings. The lowest BCUT2D eigenvalue weighted by molar-refractivity contribution is -0.384. The van der Waals surface area contributed by atoms with Crippen LogP contribution in [-0.2, 0) is 26.2 Å². The number of benzene rings is 3. The van der Waals surface area contributed by atoms with Crippen molar-refractivity contribution < 1.29 is 22.9 Å². The van der Waals surface area contributed by atoms with E-state index >= 15 is 0 Å². The van der Waals surface area contributed by atoms with Gasteiger partial charge in [0.05, 0.1) is 15.5 Å². The molecule has 0 bridgehead atoms. The van der Waals surface area contributed by atoms with Crippen LogP contribution in [0.25, 0.3) is 0 Å². The largest absolute Gasteiger partial charge is 0.352 e. The van der Waals surface area contributed by atoms with Gasteiger partial charge in [-0.1, -0.05) is 54.8 Å². The Morgan fingerprint density at radius 2 is 1.61 bits per heavy atom. The molecule has 0 spiro atoms. The van der Waals surface area contributed by atoms with Crippen LogP contribution < -0.4 is 9.62 Å². The molecule has 1 fully saturated rings. The number of nitro groups is 1. The molecule has 216 valence electrons. The molecule has 41 heavy (non-hydrogen) atoms. The number of carbonyl (C=O) groups is 2. The number of nitro benzene ring substituents is 1. The SMILES string of the molecule is C[C@@H](C(=O)NC1CCCC1)N(Cc1ccc(Cl)cc1)C(=O)CN(c1ccc([N+](=O)[O-])cc1)S(=O)(=O)c1ccccc1. The highest BCUT2D eigenvalue weighted by molar-refractivity contribution is 7.92. The molecule has 4 rings (SSSR count). The maximum absolute atomic E-state index is 13.9. The lowest BCUT2D eigenvalue weighted by Gasteiger charge is -2.32. The van der Waals surface area contributed by atoms with Crippen LogP contribution in [-0.4, -0.2) is 48.7 Å². The number of non-ortho nitro benzene ring substituents is 1. The highest BCUT2D eigenvalue weighted by atomic mass is 35.5. The summed E-state index contributed by atoms with van der Waals surface area (Å²) in [5.41, 5.74) is 0.553. The van der Waals surface area contributed by atoms with Gasteiger partial charge in [-0.15, -0.1) is 0 Å². The van der Waals surface area contributed by atoms with E-state index in [1.165, 1.54) is 41.3 Å². The molecule has 0 radical (unpaired) electrons. The molecule has 0 aromatic heterocycles.